The van der Waals surface area contributed by atoms with Crippen LogP contribution in [0, 0.1) is 5.41 Å². The van der Waals surface area contributed by atoms with Crippen LogP contribution in [0.2, 0.25) is 0 Å². The highest BCUT2D eigenvalue weighted by atomic mass is 32.1. The average molecular weight is 281 g/mol. The summed E-state index contributed by atoms with van der Waals surface area (Å²) in [6.45, 7) is 4.34. The molecule has 0 aliphatic carbocycles. The first-order chi connectivity index (χ1) is 8.92. The van der Waals surface area contributed by atoms with Gasteiger partial charge in [0.25, 0.3) is 0 Å². The zero-order chi connectivity index (χ0) is 14.3. The Kier molecular flexibility index (Phi) is 5.72. The Hall–Kier alpha value is -1.66. The monoisotopic (exact) mass is 281 g/mol. The average Bonchev–Trinajstić information content (AvgIpc) is 2.36. The van der Waals surface area contributed by atoms with E-state index < -0.39 is 5.41 Å². The molecule has 1 aromatic rings. The maximum atomic E-state index is 11.8. The maximum absolute atomic E-state index is 11.8. The quantitative estimate of drug-likeness (QED) is 0.556. The maximum Gasteiger partial charge on any atom is 0.246 e. The summed E-state index contributed by atoms with van der Waals surface area (Å²) in [5.74, 6) is -0.228. The molecular formula is C13H19N3O2S. The first-order valence-corrected chi connectivity index (χ1v) is 6.30. The van der Waals surface area contributed by atoms with E-state index in [0.717, 1.165) is 5.56 Å². The number of rotatable bonds is 5. The molecule has 0 aromatic heterocycles. The van der Waals surface area contributed by atoms with E-state index in [4.69, 9.17) is 10.5 Å². The molecule has 0 saturated heterocycles. The van der Waals surface area contributed by atoms with E-state index in [2.05, 4.69) is 23.1 Å². The van der Waals surface area contributed by atoms with Gasteiger partial charge in [-0.05, 0) is 31.6 Å². The largest absolute Gasteiger partial charge is 0.376 e. The van der Waals surface area contributed by atoms with Crippen LogP contribution in [-0.4, -0.2) is 17.6 Å². The summed E-state index contributed by atoms with van der Waals surface area (Å²) in [6.07, 6.45) is 0. The van der Waals surface area contributed by atoms with Gasteiger partial charge in [-0.1, -0.05) is 30.3 Å². The van der Waals surface area contributed by atoms with Crippen molar-refractivity contribution in [2.24, 2.45) is 11.1 Å². The van der Waals surface area contributed by atoms with Crippen LogP contribution in [0.25, 0.3) is 0 Å². The molecule has 0 aliphatic rings. The van der Waals surface area contributed by atoms with Crippen molar-refractivity contribution in [2.75, 3.05) is 6.61 Å². The summed E-state index contributed by atoms with van der Waals surface area (Å²) in [7, 11) is 0. The fraction of sp³-hybridized carbons (Fsp3) is 0.385. The van der Waals surface area contributed by atoms with Gasteiger partial charge in [0.15, 0.2) is 5.11 Å². The number of nitrogens with two attached hydrogens (primary N) is 1. The number of thiocarbonyl (C=S) groups is 1. The van der Waals surface area contributed by atoms with Gasteiger partial charge in [-0.25, -0.2) is 0 Å². The molecule has 4 N–H and O–H groups in total. The molecule has 1 rings (SSSR count). The van der Waals surface area contributed by atoms with Crippen molar-refractivity contribution < 1.29 is 9.53 Å². The number of amides is 1. The molecule has 0 fully saturated rings. The molecule has 0 bridgehead atoms. The van der Waals surface area contributed by atoms with Crippen LogP contribution in [0.1, 0.15) is 19.4 Å². The highest BCUT2D eigenvalue weighted by molar-refractivity contribution is 7.80. The standard InChI is InChI=1S/C13H19N3O2S/c1-13(2,11(17)15-16-12(14)19)9-18-8-10-6-4-3-5-7-10/h3-7H,8-9H2,1-2H3,(H,15,17)(H3,14,16,19). The summed E-state index contributed by atoms with van der Waals surface area (Å²) < 4.78 is 5.56. The molecular weight excluding hydrogens is 262 g/mol. The Balaban J connectivity index is 2.37. The Morgan fingerprint density at radius 1 is 1.32 bits per heavy atom. The van der Waals surface area contributed by atoms with Crippen molar-refractivity contribution >= 4 is 23.2 Å². The summed E-state index contributed by atoms with van der Waals surface area (Å²) in [6, 6.07) is 9.79. The molecule has 0 aliphatic heterocycles. The first kappa shape index (κ1) is 15.4. The van der Waals surface area contributed by atoms with Gasteiger partial charge in [0.2, 0.25) is 5.91 Å². The van der Waals surface area contributed by atoms with Crippen LogP contribution >= 0.6 is 12.2 Å². The van der Waals surface area contributed by atoms with E-state index in [1.807, 2.05) is 30.3 Å². The lowest BCUT2D eigenvalue weighted by Gasteiger charge is -2.23. The van der Waals surface area contributed by atoms with Crippen molar-refractivity contribution in [1.29, 1.82) is 0 Å². The van der Waals surface area contributed by atoms with Gasteiger partial charge in [0.1, 0.15) is 0 Å². The van der Waals surface area contributed by atoms with Gasteiger partial charge in [-0.2, -0.15) is 0 Å². The first-order valence-electron chi connectivity index (χ1n) is 5.89. The Bertz CT molecular complexity index is 435. The minimum absolute atomic E-state index is 0.0225. The molecule has 19 heavy (non-hydrogen) atoms. The highest BCUT2D eigenvalue weighted by Gasteiger charge is 2.28. The van der Waals surface area contributed by atoms with Crippen molar-refractivity contribution in [3.05, 3.63) is 35.9 Å². The van der Waals surface area contributed by atoms with Crippen LogP contribution in [0.5, 0.6) is 0 Å². The van der Waals surface area contributed by atoms with Crippen molar-refractivity contribution in [3.63, 3.8) is 0 Å². The molecule has 104 valence electrons. The second-order valence-corrected chi connectivity index (χ2v) is 5.25. The second-order valence-electron chi connectivity index (χ2n) is 4.81. The van der Waals surface area contributed by atoms with Crippen molar-refractivity contribution in [2.45, 2.75) is 20.5 Å². The van der Waals surface area contributed by atoms with Gasteiger partial charge in [-0.3, -0.25) is 15.6 Å². The third-order valence-electron chi connectivity index (χ3n) is 2.49. The van der Waals surface area contributed by atoms with Crippen LogP contribution < -0.4 is 16.6 Å². The Labute approximate surface area is 118 Å². The van der Waals surface area contributed by atoms with E-state index in [-0.39, 0.29) is 11.0 Å². The summed E-state index contributed by atoms with van der Waals surface area (Å²) in [5, 5.41) is 0.0225. The molecule has 1 aromatic carbocycles. The van der Waals surface area contributed by atoms with E-state index in [1.165, 1.54) is 0 Å². The number of nitrogens with one attached hydrogen (secondary N) is 2. The fourth-order valence-electron chi connectivity index (χ4n) is 1.35. The lowest BCUT2D eigenvalue weighted by atomic mass is 9.94. The molecule has 0 radical (unpaired) electrons. The Morgan fingerprint density at radius 3 is 2.53 bits per heavy atom. The highest BCUT2D eigenvalue weighted by Crippen LogP contribution is 2.16. The topological polar surface area (TPSA) is 76.4 Å². The predicted octanol–water partition coefficient (Wildman–Crippen LogP) is 1.09. The van der Waals surface area contributed by atoms with Gasteiger partial charge < -0.3 is 10.5 Å². The Morgan fingerprint density at radius 2 is 1.95 bits per heavy atom. The third kappa shape index (κ3) is 5.67. The SMILES string of the molecule is CC(C)(COCc1ccccc1)C(=O)NNC(N)=S. The van der Waals surface area contributed by atoms with Crippen LogP contribution in [-0.2, 0) is 16.1 Å². The van der Waals surface area contributed by atoms with E-state index in [0.29, 0.717) is 13.2 Å². The van der Waals surface area contributed by atoms with Gasteiger partial charge in [0.05, 0.1) is 18.6 Å². The normalized spacial score (nSPS) is 10.8. The molecule has 0 unspecified atom stereocenters. The smallest absolute Gasteiger partial charge is 0.246 e. The third-order valence-corrected chi connectivity index (χ3v) is 2.59. The molecule has 0 spiro atoms. The van der Waals surface area contributed by atoms with Crippen LogP contribution in [0.4, 0.5) is 0 Å². The number of carbonyl (C=O) groups is 1. The molecule has 0 heterocycles. The number of ether oxygens (including phenoxy) is 1. The molecule has 5 nitrogen and oxygen atoms in total. The second kappa shape index (κ2) is 7.06. The van der Waals surface area contributed by atoms with Crippen LogP contribution in [0.15, 0.2) is 30.3 Å². The van der Waals surface area contributed by atoms with Gasteiger partial charge >= 0.3 is 0 Å². The fourth-order valence-corrected chi connectivity index (χ4v) is 1.40. The molecule has 6 heteroatoms. The minimum atomic E-state index is -0.674. The summed E-state index contributed by atoms with van der Waals surface area (Å²) >= 11 is 4.61. The van der Waals surface area contributed by atoms with Crippen molar-refractivity contribution in [1.82, 2.24) is 10.9 Å². The zero-order valence-electron chi connectivity index (χ0n) is 11.1. The zero-order valence-corrected chi connectivity index (χ0v) is 11.9. The predicted molar refractivity (Wildman–Crippen MR) is 77.9 cm³/mol. The lowest BCUT2D eigenvalue weighted by molar-refractivity contribution is -0.133. The number of hydrazine groups is 1. The molecule has 0 atom stereocenters. The van der Waals surface area contributed by atoms with Gasteiger partial charge in [0, 0.05) is 0 Å². The summed E-state index contributed by atoms with van der Waals surface area (Å²) in [4.78, 5) is 11.8. The summed E-state index contributed by atoms with van der Waals surface area (Å²) in [5.41, 5.74) is 10.5. The lowest BCUT2D eigenvalue weighted by Crippen LogP contribution is -2.50. The van der Waals surface area contributed by atoms with Crippen molar-refractivity contribution in [3.8, 4) is 0 Å². The molecule has 1 amide bonds. The van der Waals surface area contributed by atoms with E-state index in [1.54, 1.807) is 13.8 Å². The van der Waals surface area contributed by atoms with E-state index in [9.17, 15) is 4.79 Å². The van der Waals surface area contributed by atoms with Gasteiger partial charge in [-0.15, -0.1) is 0 Å². The van der Waals surface area contributed by atoms with E-state index >= 15 is 0 Å². The number of hydrogen-bond donors (Lipinski definition) is 3. The molecule has 0 saturated carbocycles. The number of hydrogen-bond acceptors (Lipinski definition) is 3. The van der Waals surface area contributed by atoms with Crippen LogP contribution in [0.3, 0.4) is 0 Å². The number of carbonyl (C=O) groups excluding carboxylic acids is 1. The minimum Gasteiger partial charge on any atom is -0.376 e. The number of benzene rings is 1.